The fraction of sp³-hybridized carbons (Fsp3) is 0.320. The number of hydrogen-bond acceptors (Lipinski definition) is 6. The summed E-state index contributed by atoms with van der Waals surface area (Å²) in [5.74, 6) is 0.356. The first kappa shape index (κ1) is 24.3. The highest BCUT2D eigenvalue weighted by molar-refractivity contribution is 7.16. The van der Waals surface area contributed by atoms with E-state index >= 15 is 0 Å². The van der Waals surface area contributed by atoms with Gasteiger partial charge in [0.2, 0.25) is 5.91 Å². The third-order valence-electron chi connectivity index (χ3n) is 5.37. The van der Waals surface area contributed by atoms with E-state index in [1.54, 1.807) is 7.11 Å². The molecule has 1 heterocycles. The molecule has 3 rings (SSSR count). The normalized spacial score (nSPS) is 12.5. The Morgan fingerprint density at radius 1 is 1.09 bits per heavy atom. The number of hydrogen-bond donors (Lipinski definition) is 2. The van der Waals surface area contributed by atoms with Crippen molar-refractivity contribution in [3.63, 3.8) is 0 Å². The largest absolute Gasteiger partial charge is 0.497 e. The van der Waals surface area contributed by atoms with Crippen LogP contribution in [0.3, 0.4) is 0 Å². The topological polar surface area (TPSA) is 89.5 Å². The number of nitrogens with zero attached hydrogens (tertiary/aromatic N) is 1. The van der Waals surface area contributed by atoms with E-state index in [1.807, 2.05) is 75.4 Å². The molecule has 0 saturated carbocycles. The number of amides is 2. The number of benzene rings is 2. The van der Waals surface area contributed by atoms with Crippen LogP contribution in [0.4, 0.5) is 9.93 Å². The number of nitrogens with one attached hydrogen (secondary N) is 2. The van der Waals surface area contributed by atoms with Crippen molar-refractivity contribution in [2.24, 2.45) is 5.92 Å². The minimum Gasteiger partial charge on any atom is -0.497 e. The maximum Gasteiger partial charge on any atom is 0.408 e. The second-order valence-electron chi connectivity index (χ2n) is 7.71. The van der Waals surface area contributed by atoms with Gasteiger partial charge in [0.15, 0.2) is 5.13 Å². The maximum absolute atomic E-state index is 13.0. The molecule has 2 N–H and O–H groups in total. The van der Waals surface area contributed by atoms with Crippen molar-refractivity contribution in [3.05, 3.63) is 65.0 Å². The Hall–Kier alpha value is -3.39. The number of carbonyl (C=O) groups excluding carboxylic acids is 2. The fourth-order valence-corrected chi connectivity index (χ4v) is 4.08. The van der Waals surface area contributed by atoms with Crippen LogP contribution in [0.5, 0.6) is 5.75 Å². The molecule has 0 bridgehead atoms. The molecule has 174 valence electrons. The predicted octanol–water partition coefficient (Wildman–Crippen LogP) is 5.41. The van der Waals surface area contributed by atoms with E-state index in [4.69, 9.17) is 9.47 Å². The fourth-order valence-electron chi connectivity index (χ4n) is 3.24. The van der Waals surface area contributed by atoms with Crippen molar-refractivity contribution in [1.29, 1.82) is 0 Å². The van der Waals surface area contributed by atoms with Crippen LogP contribution in [-0.4, -0.2) is 30.1 Å². The lowest BCUT2D eigenvalue weighted by molar-refractivity contribution is -0.119. The van der Waals surface area contributed by atoms with E-state index in [-0.39, 0.29) is 18.4 Å². The van der Waals surface area contributed by atoms with E-state index in [1.165, 1.54) is 11.3 Å². The van der Waals surface area contributed by atoms with Gasteiger partial charge in [-0.2, -0.15) is 0 Å². The van der Waals surface area contributed by atoms with Gasteiger partial charge in [0.25, 0.3) is 0 Å². The lowest BCUT2D eigenvalue weighted by Crippen LogP contribution is -2.47. The Morgan fingerprint density at radius 3 is 2.42 bits per heavy atom. The number of aromatic nitrogens is 1. The van der Waals surface area contributed by atoms with E-state index in [0.717, 1.165) is 27.4 Å². The average Bonchev–Trinajstić information content (AvgIpc) is 3.20. The van der Waals surface area contributed by atoms with Gasteiger partial charge in [-0.15, -0.1) is 11.3 Å². The average molecular weight is 468 g/mol. The summed E-state index contributed by atoms with van der Waals surface area (Å²) in [7, 11) is 1.62. The monoisotopic (exact) mass is 467 g/mol. The maximum atomic E-state index is 13.0. The van der Waals surface area contributed by atoms with Gasteiger partial charge in [-0.1, -0.05) is 50.6 Å². The van der Waals surface area contributed by atoms with E-state index in [9.17, 15) is 9.59 Å². The van der Waals surface area contributed by atoms with Crippen LogP contribution in [0, 0.1) is 12.8 Å². The summed E-state index contributed by atoms with van der Waals surface area (Å²) in [6.07, 6.45) is 0.0824. The molecule has 8 heteroatoms. The van der Waals surface area contributed by atoms with Gasteiger partial charge in [-0.25, -0.2) is 9.78 Å². The van der Waals surface area contributed by atoms with Gasteiger partial charge in [0.05, 0.1) is 12.8 Å². The molecule has 33 heavy (non-hydrogen) atoms. The first-order chi connectivity index (χ1) is 15.9. The summed E-state index contributed by atoms with van der Waals surface area (Å²) in [4.78, 5) is 31.0. The third kappa shape index (κ3) is 6.55. The summed E-state index contributed by atoms with van der Waals surface area (Å²) in [6, 6.07) is 16.3. The molecule has 0 radical (unpaired) electrons. The molecule has 0 saturated heterocycles. The van der Waals surface area contributed by atoms with Crippen LogP contribution in [0.1, 0.15) is 30.7 Å². The number of carbonyl (C=O) groups is 2. The number of ether oxygens (including phenoxy) is 2. The molecular formula is C25H29N3O4S. The van der Waals surface area contributed by atoms with Crippen LogP contribution in [0.2, 0.25) is 0 Å². The minimum absolute atomic E-state index is 0.0867. The van der Waals surface area contributed by atoms with Crippen LogP contribution in [0.15, 0.2) is 54.6 Å². The summed E-state index contributed by atoms with van der Waals surface area (Å²) < 4.78 is 10.5. The molecule has 2 atom stereocenters. The Kier molecular flexibility index (Phi) is 8.43. The highest BCUT2D eigenvalue weighted by Gasteiger charge is 2.27. The summed E-state index contributed by atoms with van der Waals surface area (Å²) in [6.45, 7) is 5.98. The van der Waals surface area contributed by atoms with Crippen LogP contribution in [0.25, 0.3) is 11.3 Å². The Labute approximate surface area is 198 Å². The van der Waals surface area contributed by atoms with Gasteiger partial charge in [-0.3, -0.25) is 4.79 Å². The molecule has 0 fully saturated rings. The SMILES string of the molecule is CC[C@@H](C)[C@H](NC(=O)OCc1ccccc1)C(=O)Nc1nc(-c2ccc(OC)cc2)c(C)s1. The zero-order valence-electron chi connectivity index (χ0n) is 19.3. The molecule has 1 aromatic heterocycles. The number of alkyl carbamates (subject to hydrolysis) is 1. The van der Waals surface area contributed by atoms with Crippen LogP contribution < -0.4 is 15.4 Å². The van der Waals surface area contributed by atoms with Crippen molar-refractivity contribution in [2.45, 2.75) is 39.8 Å². The predicted molar refractivity (Wildman–Crippen MR) is 130 cm³/mol. The summed E-state index contributed by atoms with van der Waals surface area (Å²) >= 11 is 1.39. The Morgan fingerprint density at radius 2 is 1.79 bits per heavy atom. The number of anilines is 1. The van der Waals surface area contributed by atoms with E-state index in [0.29, 0.717) is 11.6 Å². The van der Waals surface area contributed by atoms with Crippen molar-refractivity contribution >= 4 is 28.5 Å². The van der Waals surface area contributed by atoms with Gasteiger partial charge < -0.3 is 20.1 Å². The smallest absolute Gasteiger partial charge is 0.408 e. The van der Waals surface area contributed by atoms with Crippen LogP contribution in [-0.2, 0) is 16.1 Å². The van der Waals surface area contributed by atoms with Crippen molar-refractivity contribution in [3.8, 4) is 17.0 Å². The van der Waals surface area contributed by atoms with Gasteiger partial charge in [-0.05, 0) is 42.7 Å². The second-order valence-corrected chi connectivity index (χ2v) is 8.91. The molecular weight excluding hydrogens is 438 g/mol. The Balaban J connectivity index is 1.66. The first-order valence-corrected chi connectivity index (χ1v) is 11.6. The molecule has 0 aliphatic carbocycles. The molecule has 2 aromatic carbocycles. The zero-order chi connectivity index (χ0) is 23.8. The summed E-state index contributed by atoms with van der Waals surface area (Å²) in [5.41, 5.74) is 2.61. The standard InChI is InChI=1S/C25H29N3O4S/c1-5-16(2)21(27-25(30)32-15-18-9-7-6-8-10-18)23(29)28-24-26-22(17(3)33-24)19-11-13-20(31-4)14-12-19/h6-14,16,21H,5,15H2,1-4H3,(H,27,30)(H,26,28,29)/t16-,21+/m1/s1. The highest BCUT2D eigenvalue weighted by Crippen LogP contribution is 2.31. The number of aryl methyl sites for hydroxylation is 1. The molecule has 0 aliphatic heterocycles. The molecule has 0 unspecified atom stereocenters. The van der Waals surface area contributed by atoms with Gasteiger partial charge in [0.1, 0.15) is 18.4 Å². The lowest BCUT2D eigenvalue weighted by atomic mass is 9.98. The van der Waals surface area contributed by atoms with Crippen molar-refractivity contribution in [1.82, 2.24) is 10.3 Å². The molecule has 0 spiro atoms. The number of methoxy groups -OCH3 is 1. The number of thiazole rings is 1. The molecule has 2 amide bonds. The highest BCUT2D eigenvalue weighted by atomic mass is 32.1. The molecule has 7 nitrogen and oxygen atoms in total. The number of rotatable bonds is 9. The van der Waals surface area contributed by atoms with E-state index in [2.05, 4.69) is 15.6 Å². The third-order valence-corrected chi connectivity index (χ3v) is 6.26. The summed E-state index contributed by atoms with van der Waals surface area (Å²) in [5, 5.41) is 6.06. The van der Waals surface area contributed by atoms with Crippen molar-refractivity contribution < 1.29 is 19.1 Å². The first-order valence-electron chi connectivity index (χ1n) is 10.8. The quantitative estimate of drug-likeness (QED) is 0.439. The van der Waals surface area contributed by atoms with Crippen LogP contribution >= 0.6 is 11.3 Å². The van der Waals surface area contributed by atoms with Gasteiger partial charge in [0, 0.05) is 10.4 Å². The second kappa shape index (κ2) is 11.5. The molecule has 0 aliphatic rings. The lowest BCUT2D eigenvalue weighted by Gasteiger charge is -2.22. The minimum atomic E-state index is -0.744. The van der Waals surface area contributed by atoms with Gasteiger partial charge >= 0.3 is 6.09 Å². The van der Waals surface area contributed by atoms with E-state index < -0.39 is 12.1 Å². The zero-order valence-corrected chi connectivity index (χ0v) is 20.1. The Bertz CT molecular complexity index is 1070. The van der Waals surface area contributed by atoms with Crippen molar-refractivity contribution in [2.75, 3.05) is 12.4 Å². The molecule has 3 aromatic rings.